The van der Waals surface area contributed by atoms with Gasteiger partial charge in [0.25, 0.3) is 5.56 Å². The second-order valence-electron chi connectivity index (χ2n) is 7.42. The molecule has 4 nitrogen and oxygen atoms in total. The summed E-state index contributed by atoms with van der Waals surface area (Å²) in [6, 6.07) is 21.9. The van der Waals surface area contributed by atoms with E-state index in [9.17, 15) is 4.79 Å². The molecule has 29 heavy (non-hydrogen) atoms. The van der Waals surface area contributed by atoms with Crippen LogP contribution in [0.5, 0.6) is 0 Å². The molecule has 4 heteroatoms. The van der Waals surface area contributed by atoms with E-state index >= 15 is 0 Å². The second-order valence-corrected chi connectivity index (χ2v) is 7.42. The molecule has 0 atom stereocenters. The summed E-state index contributed by atoms with van der Waals surface area (Å²) in [5.74, 6) is 0.764. The quantitative estimate of drug-likeness (QED) is 0.361. The van der Waals surface area contributed by atoms with Gasteiger partial charge in [-0.3, -0.25) is 4.79 Å². The molecule has 2 aromatic heterocycles. The molecule has 0 aliphatic carbocycles. The Morgan fingerprint density at radius 2 is 1.66 bits per heavy atom. The van der Waals surface area contributed by atoms with Crippen LogP contribution in [-0.4, -0.2) is 4.98 Å². The zero-order valence-corrected chi connectivity index (χ0v) is 16.2. The third-order valence-electron chi connectivity index (χ3n) is 5.14. The van der Waals surface area contributed by atoms with Gasteiger partial charge in [-0.25, -0.2) is 0 Å². The molecule has 5 aromatic rings. The third-order valence-corrected chi connectivity index (χ3v) is 5.14. The van der Waals surface area contributed by atoms with Gasteiger partial charge in [0.15, 0.2) is 0 Å². The van der Waals surface area contributed by atoms with Crippen LogP contribution in [0.3, 0.4) is 0 Å². The van der Waals surface area contributed by atoms with Gasteiger partial charge in [0.1, 0.15) is 5.76 Å². The van der Waals surface area contributed by atoms with Crippen molar-refractivity contribution in [3.05, 3.63) is 94.5 Å². The maximum atomic E-state index is 13.0. The summed E-state index contributed by atoms with van der Waals surface area (Å²) in [6.07, 6.45) is 1.66. The van der Waals surface area contributed by atoms with Gasteiger partial charge in [-0.05, 0) is 72.8 Å². The van der Waals surface area contributed by atoms with Gasteiger partial charge >= 0.3 is 0 Å². The van der Waals surface area contributed by atoms with E-state index in [0.717, 1.165) is 39.0 Å². The maximum absolute atomic E-state index is 13.0. The molecule has 0 radical (unpaired) electrons. The van der Waals surface area contributed by atoms with Crippen LogP contribution in [0.2, 0.25) is 0 Å². The van der Waals surface area contributed by atoms with Crippen molar-refractivity contribution in [2.24, 2.45) is 0 Å². The van der Waals surface area contributed by atoms with Crippen LogP contribution in [0.1, 0.15) is 11.1 Å². The highest BCUT2D eigenvalue weighted by Gasteiger charge is 2.14. The Bertz CT molecular complexity index is 1390. The lowest BCUT2D eigenvalue weighted by molar-refractivity contribution is 0.582. The molecule has 0 amide bonds. The average molecular weight is 380 g/mol. The lowest BCUT2D eigenvalue weighted by Gasteiger charge is -2.14. The van der Waals surface area contributed by atoms with Crippen molar-refractivity contribution in [2.45, 2.75) is 13.8 Å². The van der Waals surface area contributed by atoms with E-state index in [4.69, 9.17) is 4.42 Å². The number of H-pyrrole nitrogens is 1. The van der Waals surface area contributed by atoms with E-state index in [0.29, 0.717) is 5.39 Å². The van der Waals surface area contributed by atoms with Gasteiger partial charge in [-0.2, -0.15) is 0 Å². The first kappa shape index (κ1) is 17.3. The topological polar surface area (TPSA) is 58.0 Å². The zero-order chi connectivity index (χ0) is 20.0. The van der Waals surface area contributed by atoms with Crippen LogP contribution in [0.25, 0.3) is 33.0 Å². The van der Waals surface area contributed by atoms with Gasteiger partial charge in [0.05, 0.1) is 17.3 Å². The normalized spacial score (nSPS) is 11.2. The van der Waals surface area contributed by atoms with E-state index in [-0.39, 0.29) is 5.56 Å². The van der Waals surface area contributed by atoms with Crippen molar-refractivity contribution in [3.63, 3.8) is 0 Å². The van der Waals surface area contributed by atoms with Crippen molar-refractivity contribution >= 4 is 33.1 Å². The molecule has 0 spiro atoms. The Morgan fingerprint density at radius 1 is 0.862 bits per heavy atom. The number of para-hydroxylation sites is 1. The standard InChI is InChI=1S/C25H20N2O2/c1-15-10-16(2)12-18(11-15)26-22-14-17(23-8-5-9-29-23)13-20-19-6-3-4-7-21(19)27-25(28)24(20)22/h3-14,26H,1-2H3,(H,27,28). The lowest BCUT2D eigenvalue weighted by atomic mass is 10.0. The maximum Gasteiger partial charge on any atom is 0.258 e. The minimum Gasteiger partial charge on any atom is -0.464 e. The lowest BCUT2D eigenvalue weighted by Crippen LogP contribution is -2.09. The largest absolute Gasteiger partial charge is 0.464 e. The van der Waals surface area contributed by atoms with Crippen molar-refractivity contribution < 1.29 is 4.42 Å². The van der Waals surface area contributed by atoms with Crippen molar-refractivity contribution in [3.8, 4) is 11.3 Å². The summed E-state index contributed by atoms with van der Waals surface area (Å²) in [4.78, 5) is 16.0. The first-order valence-electron chi connectivity index (χ1n) is 9.56. The summed E-state index contributed by atoms with van der Waals surface area (Å²) in [6.45, 7) is 4.13. The SMILES string of the molecule is Cc1cc(C)cc(Nc2cc(-c3ccco3)cc3c2c(=O)[nH]c2ccccc23)c1. The van der Waals surface area contributed by atoms with E-state index in [1.54, 1.807) is 6.26 Å². The molecule has 0 aliphatic rings. The Kier molecular flexibility index (Phi) is 3.98. The monoisotopic (exact) mass is 380 g/mol. The third kappa shape index (κ3) is 3.09. The van der Waals surface area contributed by atoms with Crippen molar-refractivity contribution in [1.82, 2.24) is 4.98 Å². The molecule has 0 bridgehead atoms. The van der Waals surface area contributed by atoms with E-state index in [1.807, 2.05) is 48.5 Å². The van der Waals surface area contributed by atoms with Crippen molar-refractivity contribution in [2.75, 3.05) is 5.32 Å². The summed E-state index contributed by atoms with van der Waals surface area (Å²) in [5, 5.41) is 6.00. The Balaban J connectivity index is 1.83. The molecule has 0 saturated heterocycles. The van der Waals surface area contributed by atoms with E-state index < -0.39 is 0 Å². The number of fused-ring (bicyclic) bond motifs is 3. The van der Waals surface area contributed by atoms with Gasteiger partial charge in [0, 0.05) is 22.2 Å². The molecule has 142 valence electrons. The summed E-state index contributed by atoms with van der Waals surface area (Å²) < 4.78 is 5.64. The summed E-state index contributed by atoms with van der Waals surface area (Å²) in [5.41, 5.74) is 5.66. The predicted octanol–water partition coefficient (Wildman–Crippen LogP) is 6.30. The smallest absolute Gasteiger partial charge is 0.258 e. The highest BCUT2D eigenvalue weighted by molar-refractivity contribution is 6.11. The molecule has 2 N–H and O–H groups in total. The Morgan fingerprint density at radius 3 is 2.41 bits per heavy atom. The van der Waals surface area contributed by atoms with Crippen LogP contribution in [-0.2, 0) is 0 Å². The number of aryl methyl sites for hydroxylation is 2. The summed E-state index contributed by atoms with van der Waals surface area (Å²) in [7, 11) is 0. The molecular weight excluding hydrogens is 360 g/mol. The van der Waals surface area contributed by atoms with Gasteiger partial charge < -0.3 is 14.7 Å². The number of hydrogen-bond acceptors (Lipinski definition) is 3. The zero-order valence-electron chi connectivity index (χ0n) is 16.2. The Labute approximate surface area is 167 Å². The number of aromatic amines is 1. The number of pyridine rings is 1. The highest BCUT2D eigenvalue weighted by Crippen LogP contribution is 2.34. The molecule has 0 unspecified atom stereocenters. The minimum atomic E-state index is -0.114. The van der Waals surface area contributed by atoms with Crippen LogP contribution in [0.4, 0.5) is 11.4 Å². The first-order chi connectivity index (χ1) is 14.1. The molecule has 0 fully saturated rings. The van der Waals surface area contributed by atoms with Crippen LogP contribution < -0.4 is 10.9 Å². The highest BCUT2D eigenvalue weighted by atomic mass is 16.3. The van der Waals surface area contributed by atoms with Gasteiger partial charge in [0.2, 0.25) is 0 Å². The fourth-order valence-corrected chi connectivity index (χ4v) is 4.00. The average Bonchev–Trinajstić information content (AvgIpc) is 3.22. The van der Waals surface area contributed by atoms with Crippen LogP contribution in [0.15, 0.2) is 82.2 Å². The predicted molar refractivity (Wildman–Crippen MR) is 119 cm³/mol. The molecule has 5 rings (SSSR count). The molecular formula is C25H20N2O2. The number of aromatic nitrogens is 1. The number of benzene rings is 3. The van der Waals surface area contributed by atoms with E-state index in [2.05, 4.69) is 42.3 Å². The minimum absolute atomic E-state index is 0.114. The van der Waals surface area contributed by atoms with E-state index in [1.165, 1.54) is 11.1 Å². The van der Waals surface area contributed by atoms with Crippen molar-refractivity contribution in [1.29, 1.82) is 0 Å². The molecule has 0 aliphatic heterocycles. The van der Waals surface area contributed by atoms with Gasteiger partial charge in [-0.15, -0.1) is 0 Å². The second kappa shape index (κ2) is 6.67. The molecule has 3 aromatic carbocycles. The van der Waals surface area contributed by atoms with Crippen LogP contribution >= 0.6 is 0 Å². The number of nitrogens with one attached hydrogen (secondary N) is 2. The molecule has 0 saturated carbocycles. The summed E-state index contributed by atoms with van der Waals surface area (Å²) >= 11 is 0. The fraction of sp³-hybridized carbons (Fsp3) is 0.0800. The van der Waals surface area contributed by atoms with Gasteiger partial charge in [-0.1, -0.05) is 24.3 Å². The Hall–Kier alpha value is -3.79. The molecule has 2 heterocycles. The number of rotatable bonds is 3. The number of hydrogen-bond donors (Lipinski definition) is 2. The fourth-order valence-electron chi connectivity index (χ4n) is 4.00. The number of anilines is 2. The number of furan rings is 1. The first-order valence-corrected chi connectivity index (χ1v) is 9.56. The van der Waals surface area contributed by atoms with Crippen LogP contribution in [0, 0.1) is 13.8 Å².